The first-order valence-electron chi connectivity index (χ1n) is 20.5. The molecule has 0 aliphatic rings. The van der Waals surface area contributed by atoms with Crippen LogP contribution < -0.4 is 4.90 Å². The van der Waals surface area contributed by atoms with Crippen LogP contribution in [0.5, 0.6) is 0 Å². The number of hydrogen-bond acceptors (Lipinski definition) is 2. The molecule has 0 aliphatic carbocycles. The molecule has 0 saturated carbocycles. The summed E-state index contributed by atoms with van der Waals surface area (Å²) in [5, 5.41) is 4.53. The molecule has 11 rings (SSSR count). The van der Waals surface area contributed by atoms with Gasteiger partial charge >= 0.3 is 0 Å². The molecule has 0 radical (unpaired) electrons. The van der Waals surface area contributed by atoms with Crippen LogP contribution in [0, 0.1) is 0 Å². The van der Waals surface area contributed by atoms with Gasteiger partial charge in [-0.05, 0) is 86.1 Å². The second kappa shape index (κ2) is 15.1. The number of nitrogens with zero attached hydrogens (tertiary/aromatic N) is 1. The van der Waals surface area contributed by atoms with E-state index < -0.39 is 0 Å². The molecule has 0 N–H and O–H groups in total. The van der Waals surface area contributed by atoms with Crippen LogP contribution in [0.25, 0.3) is 88.3 Å². The van der Waals surface area contributed by atoms with E-state index in [9.17, 15) is 0 Å². The van der Waals surface area contributed by atoms with E-state index >= 15 is 0 Å². The highest BCUT2D eigenvalue weighted by atomic mass is 16.3. The van der Waals surface area contributed by atoms with Crippen molar-refractivity contribution < 1.29 is 4.42 Å². The van der Waals surface area contributed by atoms with Crippen molar-refractivity contribution in [3.05, 3.63) is 237 Å². The summed E-state index contributed by atoms with van der Waals surface area (Å²) in [5.41, 5.74) is 16.4. The zero-order valence-electron chi connectivity index (χ0n) is 32.9. The van der Waals surface area contributed by atoms with Crippen LogP contribution in [0.2, 0.25) is 0 Å². The van der Waals surface area contributed by atoms with Crippen LogP contribution in [0.1, 0.15) is 0 Å². The summed E-state index contributed by atoms with van der Waals surface area (Å²) in [7, 11) is 0. The average molecular weight is 766 g/mol. The van der Waals surface area contributed by atoms with Crippen molar-refractivity contribution in [1.82, 2.24) is 0 Å². The first-order chi connectivity index (χ1) is 29.8. The smallest absolute Gasteiger partial charge is 0.145 e. The highest BCUT2D eigenvalue weighted by Gasteiger charge is 2.26. The van der Waals surface area contributed by atoms with Crippen LogP contribution in [0.15, 0.2) is 241 Å². The number of fused-ring (bicyclic) bond motifs is 4. The molecule has 0 bridgehead atoms. The summed E-state index contributed by atoms with van der Waals surface area (Å²) in [4.78, 5) is 2.47. The van der Waals surface area contributed by atoms with Crippen LogP contribution in [-0.4, -0.2) is 0 Å². The molecule has 0 atom stereocenters. The van der Waals surface area contributed by atoms with Crippen molar-refractivity contribution in [3.8, 4) is 55.6 Å². The minimum atomic E-state index is 0.855. The topological polar surface area (TPSA) is 16.4 Å². The fourth-order valence-corrected chi connectivity index (χ4v) is 8.83. The highest BCUT2D eigenvalue weighted by Crippen LogP contribution is 2.51. The van der Waals surface area contributed by atoms with Crippen molar-refractivity contribution in [3.63, 3.8) is 0 Å². The van der Waals surface area contributed by atoms with E-state index in [1.54, 1.807) is 0 Å². The van der Waals surface area contributed by atoms with Gasteiger partial charge in [-0.1, -0.05) is 200 Å². The molecular formula is C58H39NO. The van der Waals surface area contributed by atoms with Gasteiger partial charge in [-0.2, -0.15) is 0 Å². The maximum Gasteiger partial charge on any atom is 0.145 e. The number of benzene rings is 10. The summed E-state index contributed by atoms with van der Waals surface area (Å²) < 4.78 is 6.98. The molecule has 0 unspecified atom stereocenters. The molecule has 11 aromatic rings. The number of para-hydroxylation sites is 2. The third-order valence-electron chi connectivity index (χ3n) is 11.7. The Kier molecular flexibility index (Phi) is 8.87. The molecule has 1 aromatic heterocycles. The Morgan fingerprint density at radius 1 is 0.283 bits per heavy atom. The summed E-state index contributed by atoms with van der Waals surface area (Å²) in [6.07, 6.45) is 0. The Labute approximate surface area is 349 Å². The average Bonchev–Trinajstić information content (AvgIpc) is 3.73. The molecule has 0 aliphatic heterocycles. The highest BCUT2D eigenvalue weighted by molar-refractivity contribution is 6.19. The minimum absolute atomic E-state index is 0.855. The third-order valence-corrected chi connectivity index (χ3v) is 11.7. The Morgan fingerprint density at radius 2 is 0.783 bits per heavy atom. The summed E-state index contributed by atoms with van der Waals surface area (Å²) in [5.74, 6) is 0. The van der Waals surface area contributed by atoms with Gasteiger partial charge in [-0.25, -0.2) is 0 Å². The predicted octanol–water partition coefficient (Wildman–Crippen LogP) is 16.5. The van der Waals surface area contributed by atoms with Crippen molar-refractivity contribution in [2.45, 2.75) is 0 Å². The second-order valence-electron chi connectivity index (χ2n) is 15.2. The van der Waals surface area contributed by atoms with E-state index in [0.29, 0.717) is 0 Å². The zero-order valence-corrected chi connectivity index (χ0v) is 32.9. The SMILES string of the molecule is c1ccc(-c2ccc(-c3ccccc3N(c3ccc(-c4ccccc4)cc3-c3ccccc3)c3ccc(-c4cccc5ccccc45)c4oc5ccccc5c34)cc2)cc1. The van der Waals surface area contributed by atoms with Gasteiger partial charge in [0.1, 0.15) is 11.2 Å². The lowest BCUT2D eigenvalue weighted by molar-refractivity contribution is 0.670. The number of rotatable bonds is 8. The molecule has 1 heterocycles. The van der Waals surface area contributed by atoms with E-state index in [2.05, 4.69) is 241 Å². The molecule has 0 amide bonds. The van der Waals surface area contributed by atoms with E-state index in [4.69, 9.17) is 4.42 Å². The zero-order chi connectivity index (χ0) is 39.8. The molecule has 0 spiro atoms. The minimum Gasteiger partial charge on any atom is -0.455 e. The third kappa shape index (κ3) is 6.23. The Morgan fingerprint density at radius 3 is 1.55 bits per heavy atom. The van der Waals surface area contributed by atoms with E-state index in [0.717, 1.165) is 77.9 Å². The maximum atomic E-state index is 6.98. The van der Waals surface area contributed by atoms with Crippen molar-refractivity contribution in [2.24, 2.45) is 0 Å². The quantitative estimate of drug-likeness (QED) is 0.153. The maximum absolute atomic E-state index is 6.98. The van der Waals surface area contributed by atoms with Gasteiger partial charge in [0.15, 0.2) is 0 Å². The molecule has 10 aromatic carbocycles. The molecule has 0 saturated heterocycles. The van der Waals surface area contributed by atoms with Gasteiger partial charge in [0.2, 0.25) is 0 Å². The monoisotopic (exact) mass is 765 g/mol. The van der Waals surface area contributed by atoms with Gasteiger partial charge < -0.3 is 9.32 Å². The Bertz CT molecular complexity index is 3290. The van der Waals surface area contributed by atoms with Crippen LogP contribution in [-0.2, 0) is 0 Å². The van der Waals surface area contributed by atoms with Crippen LogP contribution in [0.3, 0.4) is 0 Å². The summed E-state index contributed by atoms with van der Waals surface area (Å²) in [6, 6.07) is 84.8. The lowest BCUT2D eigenvalue weighted by Gasteiger charge is -2.31. The molecule has 0 fully saturated rings. The first-order valence-corrected chi connectivity index (χ1v) is 20.5. The fourth-order valence-electron chi connectivity index (χ4n) is 8.83. The van der Waals surface area contributed by atoms with E-state index in [1.165, 1.54) is 27.5 Å². The van der Waals surface area contributed by atoms with Crippen molar-refractivity contribution >= 4 is 49.8 Å². The predicted molar refractivity (Wildman–Crippen MR) is 253 cm³/mol. The Balaban J connectivity index is 1.21. The second-order valence-corrected chi connectivity index (χ2v) is 15.2. The first kappa shape index (κ1) is 35.2. The Hall–Kier alpha value is -7.94. The molecule has 282 valence electrons. The van der Waals surface area contributed by atoms with Crippen LogP contribution >= 0.6 is 0 Å². The number of hydrogen-bond donors (Lipinski definition) is 0. The normalized spacial score (nSPS) is 11.3. The molecule has 60 heavy (non-hydrogen) atoms. The van der Waals surface area contributed by atoms with Gasteiger partial charge in [0.25, 0.3) is 0 Å². The van der Waals surface area contributed by atoms with Gasteiger partial charge in [0.05, 0.1) is 22.4 Å². The largest absolute Gasteiger partial charge is 0.455 e. The fraction of sp³-hybridized carbons (Fsp3) is 0. The van der Waals surface area contributed by atoms with Gasteiger partial charge in [-0.3, -0.25) is 0 Å². The number of furan rings is 1. The van der Waals surface area contributed by atoms with Gasteiger partial charge in [-0.15, -0.1) is 0 Å². The standard InChI is InChI=1S/C58H39NO/c1-4-17-40(18-5-1)42-31-33-45(34-32-42)48-26-12-14-29-53(48)59(54-37-35-46(41-19-6-2-7-20-41)39-52(54)44-21-8-3-9-22-44)55-38-36-50(49-28-16-24-43-23-10-11-25-47(43)49)58-57(55)51-27-13-15-30-56(51)60-58/h1-39H. The lowest BCUT2D eigenvalue weighted by Crippen LogP contribution is -2.13. The van der Waals surface area contributed by atoms with E-state index in [-0.39, 0.29) is 0 Å². The molecule has 2 heteroatoms. The molecule has 2 nitrogen and oxygen atoms in total. The summed E-state index contributed by atoms with van der Waals surface area (Å²) in [6.45, 7) is 0. The lowest BCUT2D eigenvalue weighted by atomic mass is 9.93. The summed E-state index contributed by atoms with van der Waals surface area (Å²) >= 11 is 0. The van der Waals surface area contributed by atoms with E-state index in [1.807, 2.05) is 0 Å². The van der Waals surface area contributed by atoms with Crippen molar-refractivity contribution in [2.75, 3.05) is 4.90 Å². The molecular weight excluding hydrogens is 727 g/mol. The van der Waals surface area contributed by atoms with Crippen LogP contribution in [0.4, 0.5) is 17.1 Å². The van der Waals surface area contributed by atoms with Crippen molar-refractivity contribution in [1.29, 1.82) is 0 Å². The van der Waals surface area contributed by atoms with Gasteiger partial charge in [0, 0.05) is 22.1 Å². The number of anilines is 3.